The van der Waals surface area contributed by atoms with Crippen LogP contribution in [0.3, 0.4) is 0 Å². The summed E-state index contributed by atoms with van der Waals surface area (Å²) in [5.74, 6) is 0.825. The first-order valence-electron chi connectivity index (χ1n) is 6.24. The lowest BCUT2D eigenvalue weighted by atomic mass is 10.3. The van der Waals surface area contributed by atoms with Crippen LogP contribution in [-0.4, -0.2) is 16.9 Å². The zero-order chi connectivity index (χ0) is 13.9. The summed E-state index contributed by atoms with van der Waals surface area (Å²) in [6, 6.07) is 18.1. The summed E-state index contributed by atoms with van der Waals surface area (Å²) in [6.07, 6.45) is 0. The Labute approximate surface area is 133 Å². The maximum Gasteiger partial charge on any atom is 0.144 e. The topological polar surface area (TPSA) is 6.48 Å². The van der Waals surface area contributed by atoms with E-state index < -0.39 is 0 Å². The van der Waals surface area contributed by atoms with Gasteiger partial charge in [0.05, 0.1) is 23.3 Å². The van der Waals surface area contributed by atoms with Crippen LogP contribution in [0.2, 0.25) is 5.02 Å². The predicted molar refractivity (Wildman–Crippen MR) is 92.8 cm³/mol. The summed E-state index contributed by atoms with van der Waals surface area (Å²) >= 11 is 13.4. The zero-order valence-corrected chi connectivity index (χ0v) is 13.1. The minimum atomic E-state index is 0.722. The van der Waals surface area contributed by atoms with Crippen LogP contribution in [0.1, 0.15) is 0 Å². The molecule has 5 heteroatoms. The predicted octanol–water partition coefficient (Wildman–Crippen LogP) is 4.60. The second kappa shape index (κ2) is 6.04. The molecule has 2 nitrogen and oxygen atoms in total. The van der Waals surface area contributed by atoms with Gasteiger partial charge in [-0.1, -0.05) is 65.9 Å². The van der Waals surface area contributed by atoms with E-state index in [0.717, 1.165) is 33.3 Å². The van der Waals surface area contributed by atoms with E-state index in [4.69, 9.17) is 23.8 Å². The van der Waals surface area contributed by atoms with E-state index in [1.807, 2.05) is 42.5 Å². The Balaban J connectivity index is 1.87. The Morgan fingerprint density at radius 3 is 2.45 bits per heavy atom. The van der Waals surface area contributed by atoms with Gasteiger partial charge in [0.2, 0.25) is 0 Å². The Morgan fingerprint density at radius 2 is 1.70 bits per heavy atom. The molecule has 1 heterocycles. The third-order valence-corrected chi connectivity index (χ3v) is 4.94. The number of benzene rings is 2. The molecular formula is C15H13ClN2S2. The molecular weight excluding hydrogens is 308 g/mol. The molecule has 0 bridgehead atoms. The minimum absolute atomic E-state index is 0.722. The highest BCUT2D eigenvalue weighted by atomic mass is 35.5. The van der Waals surface area contributed by atoms with Crippen LogP contribution in [0.5, 0.6) is 0 Å². The molecule has 0 saturated carbocycles. The standard InChI is InChI=1S/C15H13ClN2S2/c16-13-8-4-5-9-14(13)17-10-18(15(19)20-11-17)12-6-2-1-3-7-12/h1-9H,10-11H2. The number of anilines is 2. The Hall–Kier alpha value is -1.23. The van der Waals surface area contributed by atoms with Crippen molar-refractivity contribution in [1.82, 2.24) is 0 Å². The first kappa shape index (κ1) is 13.7. The van der Waals surface area contributed by atoms with Crippen LogP contribution < -0.4 is 9.80 Å². The van der Waals surface area contributed by atoms with Crippen LogP contribution in [-0.2, 0) is 0 Å². The summed E-state index contributed by atoms with van der Waals surface area (Å²) in [4.78, 5) is 4.36. The summed E-state index contributed by atoms with van der Waals surface area (Å²) in [5, 5.41) is 0.772. The van der Waals surface area contributed by atoms with E-state index in [0.29, 0.717) is 0 Å². The average Bonchev–Trinajstić information content (AvgIpc) is 2.49. The molecule has 102 valence electrons. The van der Waals surface area contributed by atoms with Crippen molar-refractivity contribution >= 4 is 51.3 Å². The van der Waals surface area contributed by atoms with Gasteiger partial charge in [0, 0.05) is 5.69 Å². The van der Waals surface area contributed by atoms with Crippen molar-refractivity contribution in [3.05, 3.63) is 59.6 Å². The summed E-state index contributed by atoms with van der Waals surface area (Å²) in [5.41, 5.74) is 2.16. The third kappa shape index (κ3) is 2.77. The van der Waals surface area contributed by atoms with Gasteiger partial charge in [-0.2, -0.15) is 0 Å². The molecule has 2 aromatic rings. The molecule has 2 aromatic carbocycles. The van der Waals surface area contributed by atoms with Crippen molar-refractivity contribution in [2.75, 3.05) is 22.3 Å². The van der Waals surface area contributed by atoms with E-state index in [9.17, 15) is 0 Å². The molecule has 0 aliphatic carbocycles. The van der Waals surface area contributed by atoms with E-state index in [2.05, 4.69) is 21.9 Å². The van der Waals surface area contributed by atoms with Crippen molar-refractivity contribution < 1.29 is 0 Å². The number of thioether (sulfide) groups is 1. The molecule has 1 fully saturated rings. The van der Waals surface area contributed by atoms with Crippen molar-refractivity contribution in [2.45, 2.75) is 0 Å². The van der Waals surface area contributed by atoms with Crippen molar-refractivity contribution in [3.8, 4) is 0 Å². The number of nitrogens with zero attached hydrogens (tertiary/aromatic N) is 2. The zero-order valence-electron chi connectivity index (χ0n) is 10.7. The molecule has 1 saturated heterocycles. The van der Waals surface area contributed by atoms with Crippen LogP contribution in [0.25, 0.3) is 0 Å². The molecule has 0 N–H and O–H groups in total. The van der Waals surface area contributed by atoms with Crippen molar-refractivity contribution in [1.29, 1.82) is 0 Å². The van der Waals surface area contributed by atoms with Gasteiger partial charge < -0.3 is 9.80 Å². The molecule has 0 amide bonds. The molecule has 1 aliphatic heterocycles. The van der Waals surface area contributed by atoms with Gasteiger partial charge in [-0.25, -0.2) is 0 Å². The van der Waals surface area contributed by atoms with Gasteiger partial charge >= 0.3 is 0 Å². The first-order chi connectivity index (χ1) is 9.75. The Bertz CT molecular complexity index is 618. The van der Waals surface area contributed by atoms with Gasteiger partial charge in [-0.15, -0.1) is 0 Å². The maximum atomic E-state index is 6.29. The second-order valence-electron chi connectivity index (χ2n) is 4.44. The maximum absolute atomic E-state index is 6.29. The molecule has 0 radical (unpaired) electrons. The van der Waals surface area contributed by atoms with Gasteiger partial charge in [0.25, 0.3) is 0 Å². The lowest BCUT2D eigenvalue weighted by Gasteiger charge is -2.38. The molecule has 20 heavy (non-hydrogen) atoms. The fraction of sp³-hybridized carbons (Fsp3) is 0.133. The number of hydrogen-bond acceptors (Lipinski definition) is 3. The Kier molecular flexibility index (Phi) is 4.15. The molecule has 0 aromatic heterocycles. The van der Waals surface area contributed by atoms with Crippen LogP contribution in [0.15, 0.2) is 54.6 Å². The SMILES string of the molecule is S=C1SCN(c2ccccc2Cl)CN1c1ccccc1. The average molecular weight is 321 g/mol. The van der Waals surface area contributed by atoms with Crippen LogP contribution >= 0.6 is 35.6 Å². The molecule has 3 rings (SSSR count). The largest absolute Gasteiger partial charge is 0.342 e. The summed E-state index contributed by atoms with van der Waals surface area (Å²) in [7, 11) is 0. The van der Waals surface area contributed by atoms with Gasteiger partial charge in [0.15, 0.2) is 0 Å². The number of halogens is 1. The minimum Gasteiger partial charge on any atom is -0.342 e. The highest BCUT2D eigenvalue weighted by Gasteiger charge is 2.24. The number of thiocarbonyl (C=S) groups is 1. The van der Waals surface area contributed by atoms with Crippen LogP contribution in [0.4, 0.5) is 11.4 Å². The van der Waals surface area contributed by atoms with E-state index in [-0.39, 0.29) is 0 Å². The second-order valence-corrected chi connectivity index (χ2v) is 6.42. The highest BCUT2D eigenvalue weighted by molar-refractivity contribution is 8.23. The number of hydrogen-bond donors (Lipinski definition) is 0. The van der Waals surface area contributed by atoms with Gasteiger partial charge in [0.1, 0.15) is 4.32 Å². The fourth-order valence-electron chi connectivity index (χ4n) is 2.13. The van der Waals surface area contributed by atoms with Crippen molar-refractivity contribution in [3.63, 3.8) is 0 Å². The highest BCUT2D eigenvalue weighted by Crippen LogP contribution is 2.32. The Morgan fingerprint density at radius 1 is 1.00 bits per heavy atom. The molecule has 0 spiro atoms. The molecule has 0 unspecified atom stereocenters. The van der Waals surface area contributed by atoms with Crippen molar-refractivity contribution in [2.24, 2.45) is 0 Å². The fourth-order valence-corrected chi connectivity index (χ4v) is 3.51. The van der Waals surface area contributed by atoms with E-state index in [1.54, 1.807) is 11.8 Å². The van der Waals surface area contributed by atoms with E-state index in [1.165, 1.54) is 0 Å². The van der Waals surface area contributed by atoms with Gasteiger partial charge in [-0.3, -0.25) is 0 Å². The van der Waals surface area contributed by atoms with Gasteiger partial charge in [-0.05, 0) is 24.3 Å². The first-order valence-corrected chi connectivity index (χ1v) is 8.02. The normalized spacial score (nSPS) is 15.6. The summed E-state index contributed by atoms with van der Waals surface area (Å²) < 4.78 is 0.902. The lowest BCUT2D eigenvalue weighted by Crippen LogP contribution is -2.45. The quantitative estimate of drug-likeness (QED) is 0.746. The number of rotatable bonds is 2. The molecule has 0 atom stereocenters. The smallest absolute Gasteiger partial charge is 0.144 e. The monoisotopic (exact) mass is 320 g/mol. The molecule has 1 aliphatic rings. The number of para-hydroxylation sites is 2. The van der Waals surface area contributed by atoms with E-state index >= 15 is 0 Å². The third-order valence-electron chi connectivity index (χ3n) is 3.14. The lowest BCUT2D eigenvalue weighted by molar-refractivity contribution is 0.889. The van der Waals surface area contributed by atoms with Crippen LogP contribution in [0, 0.1) is 0 Å². The summed E-state index contributed by atoms with van der Waals surface area (Å²) in [6.45, 7) is 0.722.